The van der Waals surface area contributed by atoms with Crippen molar-refractivity contribution in [2.24, 2.45) is 5.73 Å². The number of carbonyl (C=O) groups is 1. The Morgan fingerprint density at radius 3 is 3.05 bits per heavy atom. The quantitative estimate of drug-likeness (QED) is 0.756. The van der Waals surface area contributed by atoms with Gasteiger partial charge in [-0.2, -0.15) is 0 Å². The summed E-state index contributed by atoms with van der Waals surface area (Å²) in [5.41, 5.74) is 6.17. The number of fused-ring (bicyclic) bond motifs is 1. The highest BCUT2D eigenvalue weighted by molar-refractivity contribution is 6.02. The first-order chi connectivity index (χ1) is 10.2. The van der Waals surface area contributed by atoms with Gasteiger partial charge >= 0.3 is 0 Å². The van der Waals surface area contributed by atoms with Crippen molar-refractivity contribution in [1.82, 2.24) is 4.98 Å². The number of nitrogens with one attached hydrogen (secondary N) is 1. The molecule has 0 saturated carbocycles. The number of benzene rings is 1. The number of aliphatic hydroxyl groups excluding tert-OH is 1. The molecule has 1 aliphatic heterocycles. The zero-order valence-electron chi connectivity index (χ0n) is 10.9. The molecule has 21 heavy (non-hydrogen) atoms. The van der Waals surface area contributed by atoms with Crippen LogP contribution >= 0.6 is 0 Å². The first-order valence-corrected chi connectivity index (χ1v) is 6.20. The van der Waals surface area contributed by atoms with Crippen molar-refractivity contribution >= 4 is 11.6 Å². The van der Waals surface area contributed by atoms with E-state index >= 15 is 0 Å². The molecule has 1 atom stereocenters. The van der Waals surface area contributed by atoms with Crippen molar-refractivity contribution in [3.8, 4) is 11.5 Å². The summed E-state index contributed by atoms with van der Waals surface area (Å²) in [6, 6.07) is 4.29. The number of oxazole rings is 1. The van der Waals surface area contributed by atoms with Crippen molar-refractivity contribution in [3.05, 3.63) is 36.0 Å². The van der Waals surface area contributed by atoms with Gasteiger partial charge in [-0.05, 0) is 12.1 Å². The van der Waals surface area contributed by atoms with E-state index in [0.29, 0.717) is 17.2 Å². The minimum Gasteiger partial charge on any atom is -0.454 e. The summed E-state index contributed by atoms with van der Waals surface area (Å²) in [7, 11) is 0. The largest absolute Gasteiger partial charge is 0.454 e. The first-order valence-electron chi connectivity index (χ1n) is 6.20. The first kappa shape index (κ1) is 13.4. The van der Waals surface area contributed by atoms with Gasteiger partial charge in [-0.1, -0.05) is 0 Å². The molecule has 0 radical (unpaired) electrons. The molecule has 0 spiro atoms. The lowest BCUT2D eigenvalue weighted by Crippen LogP contribution is -2.16. The Kier molecular flexibility index (Phi) is 3.46. The van der Waals surface area contributed by atoms with Crippen LogP contribution in [0.15, 0.2) is 28.9 Å². The molecule has 0 bridgehead atoms. The Hall–Kier alpha value is -2.58. The molecule has 1 aromatic heterocycles. The monoisotopic (exact) mass is 291 g/mol. The number of nitrogens with two attached hydrogens (primary N) is 1. The summed E-state index contributed by atoms with van der Waals surface area (Å²) in [4.78, 5) is 16.0. The van der Waals surface area contributed by atoms with Gasteiger partial charge in [0.15, 0.2) is 17.2 Å². The van der Waals surface area contributed by atoms with E-state index in [1.165, 1.54) is 6.26 Å². The van der Waals surface area contributed by atoms with Crippen LogP contribution in [-0.2, 0) is 0 Å². The van der Waals surface area contributed by atoms with Crippen LogP contribution in [0.25, 0.3) is 0 Å². The van der Waals surface area contributed by atoms with Crippen molar-refractivity contribution in [2.75, 3.05) is 18.7 Å². The lowest BCUT2D eigenvalue weighted by Gasteiger charge is -2.04. The molecule has 2 aromatic rings. The summed E-state index contributed by atoms with van der Waals surface area (Å²) < 4.78 is 15.5. The van der Waals surface area contributed by atoms with Crippen LogP contribution in [0.2, 0.25) is 0 Å². The molecule has 8 nitrogen and oxygen atoms in total. The predicted molar refractivity (Wildman–Crippen MR) is 71.0 cm³/mol. The summed E-state index contributed by atoms with van der Waals surface area (Å²) in [5.74, 6) is 0.851. The highest BCUT2D eigenvalue weighted by atomic mass is 16.7. The van der Waals surface area contributed by atoms with Gasteiger partial charge in [0.25, 0.3) is 5.91 Å². The maximum Gasteiger partial charge on any atom is 0.277 e. The molecule has 4 N–H and O–H groups in total. The average molecular weight is 291 g/mol. The molecule has 1 amide bonds. The third-order valence-corrected chi connectivity index (χ3v) is 2.90. The van der Waals surface area contributed by atoms with Crippen molar-refractivity contribution < 1.29 is 23.8 Å². The van der Waals surface area contributed by atoms with Gasteiger partial charge in [0.1, 0.15) is 12.3 Å². The third-order valence-electron chi connectivity index (χ3n) is 2.90. The zero-order valence-corrected chi connectivity index (χ0v) is 10.9. The van der Waals surface area contributed by atoms with Crippen LogP contribution in [0.3, 0.4) is 0 Å². The van der Waals surface area contributed by atoms with Gasteiger partial charge < -0.3 is 30.0 Å². The lowest BCUT2D eigenvalue weighted by atomic mass is 10.2. The molecule has 3 rings (SSSR count). The second kappa shape index (κ2) is 5.43. The Morgan fingerprint density at radius 1 is 1.43 bits per heavy atom. The predicted octanol–water partition coefficient (Wildman–Crippen LogP) is 0.648. The molecule has 1 aromatic carbocycles. The van der Waals surface area contributed by atoms with Crippen molar-refractivity contribution in [1.29, 1.82) is 0 Å². The molecule has 1 aliphatic rings. The molecule has 1 unspecified atom stereocenters. The van der Waals surface area contributed by atoms with Crippen LogP contribution in [-0.4, -0.2) is 29.4 Å². The minimum absolute atomic E-state index is 0.0755. The van der Waals surface area contributed by atoms with Crippen LogP contribution in [0.4, 0.5) is 5.69 Å². The molecule has 8 heteroatoms. The number of hydrogen-bond acceptors (Lipinski definition) is 7. The van der Waals surface area contributed by atoms with E-state index in [4.69, 9.17) is 24.7 Å². The maximum atomic E-state index is 12.0. The fourth-order valence-corrected chi connectivity index (χ4v) is 1.81. The molecular weight excluding hydrogens is 278 g/mol. The highest BCUT2D eigenvalue weighted by Gasteiger charge is 2.18. The summed E-state index contributed by atoms with van der Waals surface area (Å²) in [6.45, 7) is -0.151. The van der Waals surface area contributed by atoms with Crippen LogP contribution < -0.4 is 20.5 Å². The SMILES string of the molecule is NC(CO)c1nc(C(=O)Nc2ccc3c(c2)OCO3)co1. The van der Waals surface area contributed by atoms with E-state index in [1.807, 2.05) is 0 Å². The maximum absolute atomic E-state index is 12.0. The minimum atomic E-state index is -0.753. The van der Waals surface area contributed by atoms with Crippen LogP contribution in [0.1, 0.15) is 22.4 Å². The van der Waals surface area contributed by atoms with Gasteiger partial charge in [0.2, 0.25) is 12.7 Å². The standard InChI is InChI=1S/C13H13N3O5/c14-8(4-17)13-16-9(5-19-13)12(18)15-7-1-2-10-11(3-7)21-6-20-10/h1-3,5,8,17H,4,6,14H2,(H,15,18). The lowest BCUT2D eigenvalue weighted by molar-refractivity contribution is 0.102. The molecule has 110 valence electrons. The number of amides is 1. The molecule has 0 aliphatic carbocycles. The van der Waals surface area contributed by atoms with E-state index in [0.717, 1.165) is 0 Å². The number of carbonyl (C=O) groups excluding carboxylic acids is 1. The second-order valence-corrected chi connectivity index (χ2v) is 4.38. The number of rotatable bonds is 4. The molecule has 2 heterocycles. The Labute approximate surface area is 119 Å². The molecular formula is C13H13N3O5. The molecule has 0 fully saturated rings. The number of nitrogens with zero attached hydrogens (tertiary/aromatic N) is 1. The smallest absolute Gasteiger partial charge is 0.277 e. The highest BCUT2D eigenvalue weighted by Crippen LogP contribution is 2.34. The average Bonchev–Trinajstić information content (AvgIpc) is 3.14. The second-order valence-electron chi connectivity index (χ2n) is 4.38. The summed E-state index contributed by atoms with van der Waals surface area (Å²) >= 11 is 0. The summed E-state index contributed by atoms with van der Waals surface area (Å²) in [5, 5.41) is 11.6. The Morgan fingerprint density at radius 2 is 2.24 bits per heavy atom. The van der Waals surface area contributed by atoms with Crippen LogP contribution in [0, 0.1) is 0 Å². The zero-order chi connectivity index (χ0) is 14.8. The summed E-state index contributed by atoms with van der Waals surface area (Å²) in [6.07, 6.45) is 1.19. The van der Waals surface area contributed by atoms with Crippen LogP contribution in [0.5, 0.6) is 11.5 Å². The van der Waals surface area contributed by atoms with Gasteiger partial charge in [-0.3, -0.25) is 4.79 Å². The fourth-order valence-electron chi connectivity index (χ4n) is 1.81. The topological polar surface area (TPSA) is 120 Å². The van der Waals surface area contributed by atoms with E-state index in [-0.39, 0.29) is 25.0 Å². The number of anilines is 1. The van der Waals surface area contributed by atoms with E-state index < -0.39 is 11.9 Å². The number of ether oxygens (including phenoxy) is 2. The van der Waals surface area contributed by atoms with E-state index in [9.17, 15) is 4.79 Å². The van der Waals surface area contributed by atoms with Gasteiger partial charge in [-0.15, -0.1) is 0 Å². The normalized spacial score (nSPS) is 14.0. The number of hydrogen-bond donors (Lipinski definition) is 3. The van der Waals surface area contributed by atoms with Gasteiger partial charge in [-0.25, -0.2) is 4.98 Å². The number of aliphatic hydroxyl groups is 1. The van der Waals surface area contributed by atoms with Crippen molar-refractivity contribution in [2.45, 2.75) is 6.04 Å². The van der Waals surface area contributed by atoms with E-state index in [1.54, 1.807) is 18.2 Å². The van der Waals surface area contributed by atoms with Gasteiger partial charge in [0, 0.05) is 11.8 Å². The van der Waals surface area contributed by atoms with Crippen molar-refractivity contribution in [3.63, 3.8) is 0 Å². The Balaban J connectivity index is 1.72. The van der Waals surface area contributed by atoms with Gasteiger partial charge in [0.05, 0.1) is 6.61 Å². The Bertz CT molecular complexity index is 670. The number of aromatic nitrogens is 1. The third kappa shape index (κ3) is 2.67. The molecule has 0 saturated heterocycles. The fraction of sp³-hybridized carbons (Fsp3) is 0.231. The van der Waals surface area contributed by atoms with E-state index in [2.05, 4.69) is 10.3 Å².